The van der Waals surface area contributed by atoms with Gasteiger partial charge in [0.25, 0.3) is 0 Å². The van der Waals surface area contributed by atoms with Gasteiger partial charge in [-0.2, -0.15) is 0 Å². The minimum atomic E-state index is 0.761. The summed E-state index contributed by atoms with van der Waals surface area (Å²) >= 11 is 9.84. The molecule has 82 valence electrons. The Labute approximate surface area is 118 Å². The van der Waals surface area contributed by atoms with Crippen LogP contribution in [0, 0.1) is 3.57 Å². The fourth-order valence-corrected chi connectivity index (χ4v) is 3.04. The molecule has 0 heterocycles. The summed E-state index contributed by atoms with van der Waals surface area (Å²) in [5.74, 6) is 0. The van der Waals surface area contributed by atoms with Gasteiger partial charge in [0, 0.05) is 24.1 Å². The highest BCUT2D eigenvalue weighted by atomic mass is 127. The summed E-state index contributed by atoms with van der Waals surface area (Å²) in [6, 6.07) is 13.7. The summed E-state index contributed by atoms with van der Waals surface area (Å²) < 4.78 is 1.16. The first-order valence-electron chi connectivity index (χ1n) is 4.63. The Morgan fingerprint density at radius 3 is 2.38 bits per heavy atom. The Bertz CT molecular complexity index is 499. The van der Waals surface area contributed by atoms with E-state index in [1.54, 1.807) is 11.8 Å². The van der Waals surface area contributed by atoms with Gasteiger partial charge in [-0.05, 0) is 65.1 Å². The molecule has 2 aromatic carbocycles. The van der Waals surface area contributed by atoms with Gasteiger partial charge in [-0.15, -0.1) is 0 Å². The molecule has 0 unspecified atom stereocenters. The molecule has 0 bridgehead atoms. The summed E-state index contributed by atoms with van der Waals surface area (Å²) in [7, 11) is 0. The van der Waals surface area contributed by atoms with Crippen LogP contribution in [0.4, 0.5) is 5.69 Å². The van der Waals surface area contributed by atoms with Gasteiger partial charge in [0.1, 0.15) is 0 Å². The van der Waals surface area contributed by atoms with Crippen LogP contribution < -0.4 is 5.73 Å². The average molecular weight is 362 g/mol. The van der Waals surface area contributed by atoms with E-state index in [0.717, 1.165) is 14.3 Å². The number of nitrogens with two attached hydrogens (primary N) is 1. The molecule has 0 spiro atoms. The number of anilines is 1. The number of halogens is 2. The standard InChI is InChI=1S/C12H9ClINS/c13-8-1-4-10(5-2-8)16-12-6-3-9(15)7-11(12)14/h1-7H,15H2. The minimum Gasteiger partial charge on any atom is -0.399 e. The van der Waals surface area contributed by atoms with Crippen LogP contribution in [-0.4, -0.2) is 0 Å². The number of rotatable bonds is 2. The molecule has 0 aliphatic rings. The van der Waals surface area contributed by atoms with Crippen molar-refractivity contribution in [2.45, 2.75) is 9.79 Å². The fraction of sp³-hybridized carbons (Fsp3) is 0. The Morgan fingerprint density at radius 1 is 1.06 bits per heavy atom. The fourth-order valence-electron chi connectivity index (χ4n) is 1.23. The number of hydrogen-bond donors (Lipinski definition) is 1. The zero-order valence-corrected chi connectivity index (χ0v) is 12.0. The van der Waals surface area contributed by atoms with Crippen molar-refractivity contribution >= 4 is 51.6 Å². The third-order valence-corrected chi connectivity index (χ3v) is 4.59. The molecule has 2 rings (SSSR count). The van der Waals surface area contributed by atoms with E-state index in [4.69, 9.17) is 17.3 Å². The SMILES string of the molecule is Nc1ccc(Sc2ccc(Cl)cc2)c(I)c1. The van der Waals surface area contributed by atoms with E-state index >= 15 is 0 Å². The van der Waals surface area contributed by atoms with Crippen LogP contribution in [0.25, 0.3) is 0 Å². The van der Waals surface area contributed by atoms with E-state index in [2.05, 4.69) is 22.6 Å². The van der Waals surface area contributed by atoms with E-state index in [9.17, 15) is 0 Å². The van der Waals surface area contributed by atoms with Crippen LogP contribution in [0.1, 0.15) is 0 Å². The molecule has 4 heteroatoms. The van der Waals surface area contributed by atoms with E-state index < -0.39 is 0 Å². The van der Waals surface area contributed by atoms with Crippen molar-refractivity contribution in [2.24, 2.45) is 0 Å². The van der Waals surface area contributed by atoms with Crippen LogP contribution >= 0.6 is 46.0 Å². The molecule has 2 aromatic rings. The van der Waals surface area contributed by atoms with Gasteiger partial charge in [-0.25, -0.2) is 0 Å². The summed E-state index contributed by atoms with van der Waals surface area (Å²) in [5, 5.41) is 0.761. The summed E-state index contributed by atoms with van der Waals surface area (Å²) in [4.78, 5) is 2.38. The second kappa shape index (κ2) is 5.29. The summed E-state index contributed by atoms with van der Waals surface area (Å²) in [6.07, 6.45) is 0. The van der Waals surface area contributed by atoms with Crippen molar-refractivity contribution in [1.82, 2.24) is 0 Å². The molecule has 0 aromatic heterocycles. The third-order valence-electron chi connectivity index (χ3n) is 2.00. The lowest BCUT2D eigenvalue weighted by Gasteiger charge is -2.05. The lowest BCUT2D eigenvalue weighted by atomic mass is 10.3. The molecule has 0 atom stereocenters. The van der Waals surface area contributed by atoms with Crippen LogP contribution in [-0.2, 0) is 0 Å². The van der Waals surface area contributed by atoms with Crippen molar-refractivity contribution in [3.05, 3.63) is 51.1 Å². The van der Waals surface area contributed by atoms with E-state index in [0.29, 0.717) is 0 Å². The Kier molecular flexibility index (Phi) is 4.00. The predicted molar refractivity (Wildman–Crippen MR) is 79.1 cm³/mol. The van der Waals surface area contributed by atoms with E-state index in [1.165, 1.54) is 9.79 Å². The van der Waals surface area contributed by atoms with Crippen LogP contribution in [0.2, 0.25) is 5.02 Å². The maximum absolute atomic E-state index is 5.84. The van der Waals surface area contributed by atoms with Crippen molar-refractivity contribution in [2.75, 3.05) is 5.73 Å². The molecule has 0 amide bonds. The molecule has 0 fully saturated rings. The van der Waals surface area contributed by atoms with E-state index in [-0.39, 0.29) is 0 Å². The number of benzene rings is 2. The molecule has 0 radical (unpaired) electrons. The van der Waals surface area contributed by atoms with Crippen molar-refractivity contribution in [3.63, 3.8) is 0 Å². The monoisotopic (exact) mass is 361 g/mol. The molecule has 1 nitrogen and oxygen atoms in total. The minimum absolute atomic E-state index is 0.761. The molecule has 2 N–H and O–H groups in total. The molecule has 0 saturated carbocycles. The lowest BCUT2D eigenvalue weighted by Crippen LogP contribution is -1.86. The first-order chi connectivity index (χ1) is 7.65. The van der Waals surface area contributed by atoms with Gasteiger partial charge in [-0.1, -0.05) is 23.4 Å². The average Bonchev–Trinajstić information content (AvgIpc) is 2.25. The van der Waals surface area contributed by atoms with Crippen molar-refractivity contribution < 1.29 is 0 Å². The van der Waals surface area contributed by atoms with Crippen molar-refractivity contribution in [3.8, 4) is 0 Å². The number of hydrogen-bond acceptors (Lipinski definition) is 2. The topological polar surface area (TPSA) is 26.0 Å². The van der Waals surface area contributed by atoms with Gasteiger partial charge in [0.15, 0.2) is 0 Å². The first-order valence-corrected chi connectivity index (χ1v) is 6.91. The molecular formula is C12H9ClINS. The highest BCUT2D eigenvalue weighted by molar-refractivity contribution is 14.1. The van der Waals surface area contributed by atoms with Crippen LogP contribution in [0.3, 0.4) is 0 Å². The highest BCUT2D eigenvalue weighted by Crippen LogP contribution is 2.32. The lowest BCUT2D eigenvalue weighted by molar-refractivity contribution is 1.37. The van der Waals surface area contributed by atoms with Crippen LogP contribution in [0.5, 0.6) is 0 Å². The van der Waals surface area contributed by atoms with Gasteiger partial charge < -0.3 is 5.73 Å². The quantitative estimate of drug-likeness (QED) is 0.621. The second-order valence-electron chi connectivity index (χ2n) is 3.25. The predicted octanol–water partition coefficient (Wildman–Crippen LogP) is 4.68. The Morgan fingerprint density at radius 2 is 1.75 bits per heavy atom. The molecule has 0 aliphatic heterocycles. The molecule has 0 saturated heterocycles. The second-order valence-corrected chi connectivity index (χ2v) is 5.96. The van der Waals surface area contributed by atoms with Gasteiger partial charge in [0.2, 0.25) is 0 Å². The third kappa shape index (κ3) is 3.06. The Balaban J connectivity index is 2.23. The molecule has 16 heavy (non-hydrogen) atoms. The zero-order valence-electron chi connectivity index (χ0n) is 8.28. The highest BCUT2D eigenvalue weighted by Gasteiger charge is 2.02. The molecular weight excluding hydrogens is 353 g/mol. The van der Waals surface area contributed by atoms with E-state index in [1.807, 2.05) is 42.5 Å². The zero-order chi connectivity index (χ0) is 11.5. The molecule has 0 aliphatic carbocycles. The largest absolute Gasteiger partial charge is 0.399 e. The van der Waals surface area contributed by atoms with Crippen molar-refractivity contribution in [1.29, 1.82) is 0 Å². The van der Waals surface area contributed by atoms with Gasteiger partial charge in [0.05, 0.1) is 0 Å². The maximum atomic E-state index is 5.84. The van der Waals surface area contributed by atoms with Gasteiger partial charge >= 0.3 is 0 Å². The maximum Gasteiger partial charge on any atom is 0.0406 e. The van der Waals surface area contributed by atoms with Gasteiger partial charge in [-0.3, -0.25) is 0 Å². The smallest absolute Gasteiger partial charge is 0.0406 e. The van der Waals surface area contributed by atoms with Crippen LogP contribution in [0.15, 0.2) is 52.3 Å². The summed E-state index contributed by atoms with van der Waals surface area (Å²) in [5.41, 5.74) is 6.51. The number of nitrogen functional groups attached to an aromatic ring is 1. The summed E-state index contributed by atoms with van der Waals surface area (Å²) in [6.45, 7) is 0. The normalized spacial score (nSPS) is 10.4. The first kappa shape index (κ1) is 12.1. The Hall–Kier alpha value is -0.390.